The molecule has 0 rings (SSSR count). The molecule has 48 valence electrons. The highest BCUT2D eigenvalue weighted by Crippen LogP contribution is 1.76. The van der Waals surface area contributed by atoms with E-state index in [9.17, 15) is 13.2 Å². The van der Waals surface area contributed by atoms with Crippen LogP contribution in [0.2, 0.25) is 0 Å². The van der Waals surface area contributed by atoms with Crippen LogP contribution in [-0.2, 0) is 15.5 Å². The lowest BCUT2D eigenvalue weighted by atomic mass is 10.5. The third-order valence-electron chi connectivity index (χ3n) is 0.508. The van der Waals surface area contributed by atoms with Gasteiger partial charge in [-0.25, -0.2) is 8.42 Å². The zero-order valence-corrected chi connectivity index (χ0v) is 4.93. The van der Waals surface area contributed by atoms with Gasteiger partial charge in [0.25, 0.3) is 0 Å². The molecule has 0 aliphatic heterocycles. The van der Waals surface area contributed by atoms with Crippen molar-refractivity contribution < 1.29 is 18.3 Å². The van der Waals surface area contributed by atoms with Crippen LogP contribution < -0.4 is 0 Å². The fourth-order valence-electron chi connectivity index (χ4n) is 0.187. The van der Waals surface area contributed by atoms with Crippen LogP contribution in [0.1, 0.15) is 6.42 Å². The number of rotatable bonds is 3. The van der Waals surface area contributed by atoms with Crippen LogP contribution in [0.5, 0.6) is 0 Å². The molecule has 0 aromatic rings. The van der Waals surface area contributed by atoms with E-state index in [1.807, 2.05) is 0 Å². The minimum Gasteiger partial charge on any atom is -0.481 e. The molecule has 0 unspecified atom stereocenters. The SMILES string of the molecule is O=C(O)CC[SH](=O)=O. The number of hydrogen-bond acceptors (Lipinski definition) is 3. The van der Waals surface area contributed by atoms with Crippen molar-refractivity contribution in [3.8, 4) is 0 Å². The monoisotopic (exact) mass is 138 g/mol. The number of carboxylic acids is 1. The minimum absolute atomic E-state index is 0.259. The van der Waals surface area contributed by atoms with Crippen molar-refractivity contribution in [1.29, 1.82) is 0 Å². The van der Waals surface area contributed by atoms with E-state index < -0.39 is 16.7 Å². The Bertz CT molecular complexity index is 139. The highest BCUT2D eigenvalue weighted by atomic mass is 32.2. The molecule has 0 aromatic heterocycles. The Morgan fingerprint density at radius 2 is 2.00 bits per heavy atom. The fraction of sp³-hybridized carbons (Fsp3) is 0.667. The predicted molar refractivity (Wildman–Crippen MR) is 27.4 cm³/mol. The predicted octanol–water partition coefficient (Wildman–Crippen LogP) is -0.927. The van der Waals surface area contributed by atoms with Gasteiger partial charge in [0.2, 0.25) is 0 Å². The Kier molecular flexibility index (Phi) is 3.18. The quantitative estimate of drug-likeness (QED) is 0.494. The van der Waals surface area contributed by atoms with Crippen molar-refractivity contribution in [2.75, 3.05) is 5.75 Å². The first kappa shape index (κ1) is 7.42. The van der Waals surface area contributed by atoms with Crippen LogP contribution in [-0.4, -0.2) is 25.2 Å². The molecule has 0 bridgehead atoms. The topological polar surface area (TPSA) is 71.4 Å². The minimum atomic E-state index is -2.51. The molecule has 0 saturated carbocycles. The Hall–Kier alpha value is -0.580. The lowest BCUT2D eigenvalue weighted by molar-refractivity contribution is -0.136. The summed E-state index contributed by atoms with van der Waals surface area (Å²) in [5.74, 6) is -1.34. The highest BCUT2D eigenvalue weighted by Gasteiger charge is 1.94. The van der Waals surface area contributed by atoms with E-state index in [1.165, 1.54) is 0 Å². The summed E-state index contributed by atoms with van der Waals surface area (Å²) in [4.78, 5) is 9.64. The first-order valence-corrected chi connectivity index (χ1v) is 3.33. The summed E-state index contributed by atoms with van der Waals surface area (Å²) in [6.07, 6.45) is -0.293. The third-order valence-corrected chi connectivity index (χ3v) is 1.10. The van der Waals surface area contributed by atoms with Crippen LogP contribution in [0, 0.1) is 0 Å². The first-order valence-electron chi connectivity index (χ1n) is 1.96. The van der Waals surface area contributed by atoms with Gasteiger partial charge < -0.3 is 5.11 Å². The van der Waals surface area contributed by atoms with Gasteiger partial charge in [0.05, 0.1) is 12.2 Å². The maximum atomic E-state index is 9.68. The van der Waals surface area contributed by atoms with Gasteiger partial charge in [-0.05, 0) is 0 Å². The van der Waals surface area contributed by atoms with Gasteiger partial charge in [-0.2, -0.15) is 0 Å². The average Bonchev–Trinajstić information content (AvgIpc) is 1.61. The van der Waals surface area contributed by atoms with Crippen LogP contribution >= 0.6 is 0 Å². The molecule has 0 saturated heterocycles. The molecule has 0 aliphatic rings. The van der Waals surface area contributed by atoms with E-state index >= 15 is 0 Å². The van der Waals surface area contributed by atoms with E-state index in [0.717, 1.165) is 0 Å². The molecular weight excluding hydrogens is 132 g/mol. The van der Waals surface area contributed by atoms with Gasteiger partial charge in [-0.1, -0.05) is 0 Å². The molecule has 0 fully saturated rings. The van der Waals surface area contributed by atoms with Crippen molar-refractivity contribution in [3.05, 3.63) is 0 Å². The van der Waals surface area contributed by atoms with Crippen molar-refractivity contribution >= 4 is 16.7 Å². The number of aliphatic carboxylic acids is 1. The van der Waals surface area contributed by atoms with Crippen molar-refractivity contribution in [1.82, 2.24) is 0 Å². The second-order valence-electron chi connectivity index (χ2n) is 1.20. The van der Waals surface area contributed by atoms with Crippen LogP contribution in [0.15, 0.2) is 0 Å². The first-order chi connectivity index (χ1) is 3.63. The standard InChI is InChI=1S/C3H6O4S/c4-3(5)1-2-8(6)7/h8H,1-2H2,(H,4,5). The summed E-state index contributed by atoms with van der Waals surface area (Å²) in [7, 11) is -2.51. The van der Waals surface area contributed by atoms with Gasteiger partial charge in [0.1, 0.15) is 10.7 Å². The Morgan fingerprint density at radius 3 is 2.12 bits per heavy atom. The summed E-state index contributed by atoms with van der Waals surface area (Å²) in [5, 5.41) is 7.89. The normalized spacial score (nSPS) is 9.62. The van der Waals surface area contributed by atoms with E-state index in [2.05, 4.69) is 0 Å². The van der Waals surface area contributed by atoms with Crippen LogP contribution in [0.4, 0.5) is 0 Å². The van der Waals surface area contributed by atoms with E-state index in [-0.39, 0.29) is 12.2 Å². The van der Waals surface area contributed by atoms with E-state index in [4.69, 9.17) is 5.11 Å². The van der Waals surface area contributed by atoms with Crippen LogP contribution in [0.3, 0.4) is 0 Å². The van der Waals surface area contributed by atoms with E-state index in [0.29, 0.717) is 0 Å². The number of thiol groups is 1. The van der Waals surface area contributed by atoms with Crippen molar-refractivity contribution in [3.63, 3.8) is 0 Å². The largest absolute Gasteiger partial charge is 0.481 e. The van der Waals surface area contributed by atoms with Gasteiger partial charge in [-0.3, -0.25) is 4.79 Å². The highest BCUT2D eigenvalue weighted by molar-refractivity contribution is 7.72. The Balaban J connectivity index is 3.32. The molecule has 0 heterocycles. The molecule has 0 aromatic carbocycles. The summed E-state index contributed by atoms with van der Waals surface area (Å²) in [6, 6.07) is 0. The van der Waals surface area contributed by atoms with Gasteiger partial charge in [0, 0.05) is 0 Å². The van der Waals surface area contributed by atoms with Gasteiger partial charge in [-0.15, -0.1) is 0 Å². The molecule has 0 atom stereocenters. The second-order valence-corrected chi connectivity index (χ2v) is 2.31. The zero-order chi connectivity index (χ0) is 6.57. The molecule has 0 amide bonds. The van der Waals surface area contributed by atoms with Crippen molar-refractivity contribution in [2.45, 2.75) is 6.42 Å². The van der Waals surface area contributed by atoms with Crippen molar-refractivity contribution in [2.24, 2.45) is 0 Å². The lowest BCUT2D eigenvalue weighted by Crippen LogP contribution is -1.98. The maximum absolute atomic E-state index is 9.68. The maximum Gasteiger partial charge on any atom is 0.304 e. The number of carboxylic acid groups (broad SMARTS) is 1. The summed E-state index contributed by atoms with van der Waals surface area (Å²) in [5.41, 5.74) is 0. The average molecular weight is 138 g/mol. The fourth-order valence-corrected chi connectivity index (χ4v) is 0.561. The number of hydrogen-bond donors (Lipinski definition) is 2. The van der Waals surface area contributed by atoms with E-state index in [1.54, 1.807) is 0 Å². The molecule has 0 aliphatic carbocycles. The Morgan fingerprint density at radius 1 is 1.50 bits per heavy atom. The third kappa shape index (κ3) is 5.42. The summed E-state index contributed by atoms with van der Waals surface area (Å²) >= 11 is 0. The molecule has 8 heavy (non-hydrogen) atoms. The number of carbonyl (C=O) groups is 1. The zero-order valence-electron chi connectivity index (χ0n) is 4.03. The molecule has 1 N–H and O–H groups in total. The molecule has 0 spiro atoms. The van der Waals surface area contributed by atoms with Crippen LogP contribution in [0.25, 0.3) is 0 Å². The molecule has 4 nitrogen and oxygen atoms in total. The molecule has 0 radical (unpaired) electrons. The summed E-state index contributed by atoms with van der Waals surface area (Å²) < 4.78 is 19.4. The summed E-state index contributed by atoms with van der Waals surface area (Å²) in [6.45, 7) is 0. The second kappa shape index (κ2) is 3.43. The molecule has 5 heteroatoms. The van der Waals surface area contributed by atoms with Gasteiger partial charge in [0.15, 0.2) is 0 Å². The Labute approximate surface area is 48.1 Å². The molecular formula is C3H6O4S. The lowest BCUT2D eigenvalue weighted by Gasteiger charge is -1.81. The smallest absolute Gasteiger partial charge is 0.304 e. The van der Waals surface area contributed by atoms with Gasteiger partial charge >= 0.3 is 5.97 Å².